The summed E-state index contributed by atoms with van der Waals surface area (Å²) >= 11 is 0. The number of hydrogen-bond acceptors (Lipinski definition) is 5. The Morgan fingerprint density at radius 3 is 2.58 bits per heavy atom. The van der Waals surface area contributed by atoms with Gasteiger partial charge in [0.2, 0.25) is 0 Å². The predicted molar refractivity (Wildman–Crippen MR) is 148 cm³/mol. The Balaban J connectivity index is 1.36. The molecule has 1 aliphatic carbocycles. The molecule has 0 spiro atoms. The van der Waals surface area contributed by atoms with Crippen molar-refractivity contribution in [1.29, 1.82) is 5.26 Å². The molecule has 1 saturated carbocycles. The van der Waals surface area contributed by atoms with E-state index in [-0.39, 0.29) is 6.42 Å². The molecule has 1 aliphatic heterocycles. The van der Waals surface area contributed by atoms with Crippen molar-refractivity contribution in [2.24, 2.45) is 10.9 Å². The number of aliphatic imine (C=N–C) groups is 1. The van der Waals surface area contributed by atoms with Crippen LogP contribution in [0.25, 0.3) is 11.3 Å². The number of ether oxygens (including phenoxy) is 1. The fourth-order valence-electron chi connectivity index (χ4n) is 5.77. The second-order valence-corrected chi connectivity index (χ2v) is 10.3. The molecular weight excluding hydrogens is 474 g/mol. The lowest BCUT2D eigenvalue weighted by Gasteiger charge is -2.28. The van der Waals surface area contributed by atoms with Gasteiger partial charge in [0.05, 0.1) is 40.9 Å². The zero-order valence-electron chi connectivity index (χ0n) is 21.8. The first-order valence-electron chi connectivity index (χ1n) is 13.6. The third kappa shape index (κ3) is 5.78. The molecule has 194 valence electrons. The van der Waals surface area contributed by atoms with Crippen molar-refractivity contribution in [2.75, 3.05) is 6.61 Å². The van der Waals surface area contributed by atoms with Gasteiger partial charge >= 0.3 is 5.97 Å². The number of carboxylic acid groups (broad SMARTS) is 1. The highest BCUT2D eigenvalue weighted by Gasteiger charge is 2.24. The number of aromatic nitrogens is 1. The SMILES string of the molecule is CCOc1cc(-c2ccc(C3CCC(CC(=O)O)CC3)cc2)ncc1C1=Nc2ccc(C#N)cc2CCC1. The molecule has 1 aromatic heterocycles. The minimum Gasteiger partial charge on any atom is -0.493 e. The average molecular weight is 508 g/mol. The molecule has 0 amide bonds. The molecule has 6 heteroatoms. The molecule has 2 aromatic carbocycles. The van der Waals surface area contributed by atoms with Gasteiger partial charge in [0.1, 0.15) is 5.75 Å². The van der Waals surface area contributed by atoms with Gasteiger partial charge in [-0.2, -0.15) is 5.26 Å². The summed E-state index contributed by atoms with van der Waals surface area (Å²) in [4.78, 5) is 20.8. The van der Waals surface area contributed by atoms with E-state index in [1.54, 1.807) is 0 Å². The smallest absolute Gasteiger partial charge is 0.303 e. The summed E-state index contributed by atoms with van der Waals surface area (Å²) in [6, 6.07) is 18.6. The van der Waals surface area contributed by atoms with Crippen LogP contribution in [0.2, 0.25) is 0 Å². The molecule has 2 heterocycles. The Kier molecular flexibility index (Phi) is 7.83. The maximum absolute atomic E-state index is 11.0. The van der Waals surface area contributed by atoms with Gasteiger partial charge in [-0.25, -0.2) is 0 Å². The highest BCUT2D eigenvalue weighted by molar-refractivity contribution is 6.04. The number of rotatable bonds is 7. The number of carbonyl (C=O) groups is 1. The maximum atomic E-state index is 11.0. The second-order valence-electron chi connectivity index (χ2n) is 10.3. The number of nitrogens with zero attached hydrogens (tertiary/aromatic N) is 3. The average Bonchev–Trinajstić information content (AvgIpc) is 3.15. The van der Waals surface area contributed by atoms with Crippen molar-refractivity contribution >= 4 is 17.4 Å². The summed E-state index contributed by atoms with van der Waals surface area (Å²) in [5.74, 6) is 0.898. The van der Waals surface area contributed by atoms with Gasteiger partial charge in [0.25, 0.3) is 0 Å². The van der Waals surface area contributed by atoms with Crippen LogP contribution >= 0.6 is 0 Å². The van der Waals surface area contributed by atoms with Crippen molar-refractivity contribution in [3.8, 4) is 23.1 Å². The van der Waals surface area contributed by atoms with E-state index in [0.717, 1.165) is 84.5 Å². The molecule has 2 aliphatic rings. The molecule has 5 rings (SSSR count). The first-order chi connectivity index (χ1) is 18.5. The zero-order chi connectivity index (χ0) is 26.5. The molecule has 0 radical (unpaired) electrons. The van der Waals surface area contributed by atoms with Crippen LogP contribution in [-0.4, -0.2) is 28.4 Å². The zero-order valence-corrected chi connectivity index (χ0v) is 21.8. The van der Waals surface area contributed by atoms with E-state index in [1.807, 2.05) is 37.4 Å². The summed E-state index contributed by atoms with van der Waals surface area (Å²) in [7, 11) is 0. The van der Waals surface area contributed by atoms with E-state index >= 15 is 0 Å². The van der Waals surface area contributed by atoms with E-state index < -0.39 is 5.97 Å². The van der Waals surface area contributed by atoms with Crippen LogP contribution in [0, 0.1) is 17.2 Å². The fraction of sp³-hybridized carbons (Fsp3) is 0.375. The quantitative estimate of drug-likeness (QED) is 0.364. The van der Waals surface area contributed by atoms with Gasteiger partial charge in [0, 0.05) is 24.2 Å². The van der Waals surface area contributed by atoms with E-state index in [0.29, 0.717) is 24.0 Å². The van der Waals surface area contributed by atoms with Crippen LogP contribution < -0.4 is 4.74 Å². The van der Waals surface area contributed by atoms with Crippen LogP contribution in [0.15, 0.2) is 59.7 Å². The monoisotopic (exact) mass is 507 g/mol. The summed E-state index contributed by atoms with van der Waals surface area (Å²) in [5.41, 5.74) is 7.79. The lowest BCUT2D eigenvalue weighted by molar-refractivity contribution is -0.138. The van der Waals surface area contributed by atoms with Crippen LogP contribution in [0.5, 0.6) is 5.75 Å². The third-order valence-electron chi connectivity index (χ3n) is 7.79. The van der Waals surface area contributed by atoms with Crippen molar-refractivity contribution in [1.82, 2.24) is 4.98 Å². The summed E-state index contributed by atoms with van der Waals surface area (Å²) in [6.45, 7) is 2.53. The molecule has 6 nitrogen and oxygen atoms in total. The number of pyridine rings is 1. The lowest BCUT2D eigenvalue weighted by atomic mass is 9.77. The third-order valence-corrected chi connectivity index (χ3v) is 7.79. The van der Waals surface area contributed by atoms with E-state index in [9.17, 15) is 10.1 Å². The fourth-order valence-corrected chi connectivity index (χ4v) is 5.77. The molecule has 0 bridgehead atoms. The first-order valence-corrected chi connectivity index (χ1v) is 13.6. The van der Waals surface area contributed by atoms with Gasteiger partial charge in [-0.05, 0) is 93.0 Å². The van der Waals surface area contributed by atoms with E-state index in [4.69, 9.17) is 19.8 Å². The summed E-state index contributed by atoms with van der Waals surface area (Å²) in [5, 5.41) is 18.3. The van der Waals surface area contributed by atoms with Crippen LogP contribution in [-0.2, 0) is 11.2 Å². The van der Waals surface area contributed by atoms with Crippen LogP contribution in [0.3, 0.4) is 0 Å². The van der Waals surface area contributed by atoms with Crippen LogP contribution in [0.4, 0.5) is 5.69 Å². The molecule has 0 saturated heterocycles. The standard InChI is InChI=1S/C32H33N3O3/c1-2-38-31-18-30(25-13-11-24(12-14-25)23-9-6-21(7-10-23)17-32(36)37)34-20-27(31)29-5-3-4-26-16-22(19-33)8-15-28(26)35-29/h8,11-16,18,20-21,23H,2-7,9-10,17H2,1H3,(H,36,37). The minimum absolute atomic E-state index is 0.288. The van der Waals surface area contributed by atoms with Crippen LogP contribution in [0.1, 0.15) is 80.0 Å². The summed E-state index contributed by atoms with van der Waals surface area (Å²) < 4.78 is 6.07. The Morgan fingerprint density at radius 1 is 1.08 bits per heavy atom. The topological polar surface area (TPSA) is 95.6 Å². The number of aryl methyl sites for hydroxylation is 1. The lowest BCUT2D eigenvalue weighted by Crippen LogP contribution is -2.16. The molecule has 0 atom stereocenters. The molecule has 1 fully saturated rings. The van der Waals surface area contributed by atoms with E-state index in [2.05, 4.69) is 30.3 Å². The Hall–Kier alpha value is -3.98. The van der Waals surface area contributed by atoms with Crippen molar-refractivity contribution in [3.05, 3.63) is 77.0 Å². The Morgan fingerprint density at radius 2 is 1.87 bits per heavy atom. The van der Waals surface area contributed by atoms with Gasteiger partial charge in [-0.1, -0.05) is 24.3 Å². The largest absolute Gasteiger partial charge is 0.493 e. The predicted octanol–water partition coefficient (Wildman–Crippen LogP) is 7.22. The first kappa shape index (κ1) is 25.7. The maximum Gasteiger partial charge on any atom is 0.303 e. The molecular formula is C32H33N3O3. The van der Waals surface area contributed by atoms with Crippen molar-refractivity contribution in [3.63, 3.8) is 0 Å². The highest BCUT2D eigenvalue weighted by atomic mass is 16.5. The minimum atomic E-state index is -0.687. The number of aliphatic carboxylic acids is 1. The van der Waals surface area contributed by atoms with Gasteiger partial charge < -0.3 is 9.84 Å². The second kappa shape index (κ2) is 11.6. The number of carboxylic acids is 1. The molecule has 38 heavy (non-hydrogen) atoms. The molecule has 0 unspecified atom stereocenters. The normalized spacial score (nSPS) is 19.0. The molecule has 1 N–H and O–H groups in total. The number of benzene rings is 2. The molecule has 3 aromatic rings. The van der Waals surface area contributed by atoms with E-state index in [1.165, 1.54) is 5.56 Å². The van der Waals surface area contributed by atoms with Gasteiger partial charge in [-0.15, -0.1) is 0 Å². The highest BCUT2D eigenvalue weighted by Crippen LogP contribution is 2.38. The number of nitriles is 1. The number of fused-ring (bicyclic) bond motifs is 1. The Labute approximate surface area is 224 Å². The van der Waals surface area contributed by atoms with Gasteiger partial charge in [-0.3, -0.25) is 14.8 Å². The van der Waals surface area contributed by atoms with Gasteiger partial charge in [0.15, 0.2) is 0 Å². The Bertz CT molecular complexity index is 1380. The summed E-state index contributed by atoms with van der Waals surface area (Å²) in [6.07, 6.45) is 8.88. The van der Waals surface area contributed by atoms with Crippen molar-refractivity contribution < 1.29 is 14.6 Å². The number of hydrogen-bond donors (Lipinski definition) is 1. The van der Waals surface area contributed by atoms with Crippen molar-refractivity contribution in [2.45, 2.75) is 64.2 Å².